The average Bonchev–Trinajstić information content (AvgIpc) is 2.21. The zero-order chi connectivity index (χ0) is 9.97. The summed E-state index contributed by atoms with van der Waals surface area (Å²) in [6.07, 6.45) is 3.18. The highest BCUT2D eigenvalue weighted by Gasteiger charge is 2.00. The molecule has 0 bridgehead atoms. The van der Waals surface area contributed by atoms with Gasteiger partial charge < -0.3 is 5.73 Å². The van der Waals surface area contributed by atoms with Crippen molar-refractivity contribution < 1.29 is 9.94 Å². The van der Waals surface area contributed by atoms with Crippen molar-refractivity contribution in [2.75, 3.05) is 5.73 Å². The third-order valence-corrected chi connectivity index (χ3v) is 2.06. The summed E-state index contributed by atoms with van der Waals surface area (Å²) in [7, 11) is 0. The molecular weight excluding hydrogens is 176 g/mol. The molecule has 1 aromatic carbocycles. The topological polar surface area (TPSA) is 50.1 Å². The lowest BCUT2D eigenvalue weighted by Crippen LogP contribution is -2.27. The minimum atomic E-state index is 0.752. The Balaban J connectivity index is 2.40. The van der Waals surface area contributed by atoms with Gasteiger partial charge in [0.05, 0.1) is 0 Å². The smallest absolute Gasteiger partial charge is 0.222 e. The second kappa shape index (κ2) is 3.38. The fourth-order valence-corrected chi connectivity index (χ4v) is 1.29. The molecule has 0 spiro atoms. The van der Waals surface area contributed by atoms with E-state index in [9.17, 15) is 0 Å². The van der Waals surface area contributed by atoms with Crippen molar-refractivity contribution in [1.82, 2.24) is 0 Å². The van der Waals surface area contributed by atoms with Gasteiger partial charge in [0.2, 0.25) is 12.4 Å². The van der Waals surface area contributed by atoms with Gasteiger partial charge in [0, 0.05) is 22.6 Å². The van der Waals surface area contributed by atoms with E-state index in [1.165, 1.54) is 0 Å². The van der Waals surface area contributed by atoms with E-state index >= 15 is 0 Å². The van der Waals surface area contributed by atoms with Gasteiger partial charge in [0.15, 0.2) is 0 Å². The lowest BCUT2D eigenvalue weighted by molar-refractivity contribution is -0.904. The predicted octanol–water partition coefficient (Wildman–Crippen LogP) is 1.46. The molecule has 0 fully saturated rings. The summed E-state index contributed by atoms with van der Waals surface area (Å²) < 4.78 is 1.01. The van der Waals surface area contributed by atoms with Crippen LogP contribution in [-0.4, -0.2) is 5.21 Å². The molecule has 2 rings (SSSR count). The highest BCUT2D eigenvalue weighted by molar-refractivity contribution is 5.64. The van der Waals surface area contributed by atoms with Gasteiger partial charge in [-0.2, -0.15) is 0 Å². The average molecular weight is 187 g/mol. The number of benzene rings is 1. The summed E-state index contributed by atoms with van der Waals surface area (Å²) >= 11 is 0. The Hall–Kier alpha value is -2.03. The Bertz CT molecular complexity index is 377. The molecule has 0 aliphatic heterocycles. The molecule has 0 amide bonds. The molecule has 70 valence electrons. The number of pyridine rings is 1. The van der Waals surface area contributed by atoms with Crippen LogP contribution in [0.3, 0.4) is 0 Å². The van der Waals surface area contributed by atoms with Gasteiger partial charge in [0.25, 0.3) is 0 Å². The van der Waals surface area contributed by atoms with Crippen LogP contribution in [0, 0.1) is 0 Å². The Morgan fingerprint density at radius 1 is 0.857 bits per heavy atom. The highest BCUT2D eigenvalue weighted by Crippen LogP contribution is 2.18. The summed E-state index contributed by atoms with van der Waals surface area (Å²) in [5, 5.41) is 9.04. The van der Waals surface area contributed by atoms with E-state index in [1.807, 2.05) is 36.4 Å². The van der Waals surface area contributed by atoms with Crippen LogP contribution in [0.2, 0.25) is 0 Å². The van der Waals surface area contributed by atoms with E-state index in [0.717, 1.165) is 21.5 Å². The molecule has 1 aromatic heterocycles. The number of aromatic nitrogens is 1. The molecule has 3 heteroatoms. The van der Waals surface area contributed by atoms with Gasteiger partial charge in [-0.05, 0) is 23.3 Å². The Kier molecular flexibility index (Phi) is 2.07. The summed E-state index contributed by atoms with van der Waals surface area (Å²) in [6.45, 7) is 0. The zero-order valence-electron chi connectivity index (χ0n) is 7.59. The molecule has 2 aromatic rings. The first-order valence-electron chi connectivity index (χ1n) is 4.32. The van der Waals surface area contributed by atoms with Crippen LogP contribution in [0.4, 0.5) is 5.69 Å². The van der Waals surface area contributed by atoms with Crippen LogP contribution in [0.25, 0.3) is 11.1 Å². The second-order valence-electron chi connectivity index (χ2n) is 3.09. The molecule has 1 heterocycles. The summed E-state index contributed by atoms with van der Waals surface area (Å²) in [4.78, 5) is 0. The monoisotopic (exact) mass is 187 g/mol. The minimum absolute atomic E-state index is 0.752. The number of hydrogen-bond acceptors (Lipinski definition) is 2. The molecule has 3 nitrogen and oxygen atoms in total. The molecule has 0 radical (unpaired) electrons. The normalized spacial score (nSPS) is 10.0. The van der Waals surface area contributed by atoms with Crippen molar-refractivity contribution in [3.63, 3.8) is 0 Å². The first-order valence-corrected chi connectivity index (χ1v) is 4.32. The SMILES string of the molecule is Nc1ccc(-c2cc[n+](O)cc2)cc1. The zero-order valence-corrected chi connectivity index (χ0v) is 7.59. The number of nitrogens with zero attached hydrogens (tertiary/aromatic N) is 1. The van der Waals surface area contributed by atoms with Crippen molar-refractivity contribution in [2.24, 2.45) is 0 Å². The van der Waals surface area contributed by atoms with Gasteiger partial charge in [-0.15, -0.1) is 0 Å². The largest absolute Gasteiger partial charge is 0.399 e. The van der Waals surface area contributed by atoms with Crippen molar-refractivity contribution in [3.8, 4) is 11.1 Å². The number of rotatable bonds is 1. The van der Waals surface area contributed by atoms with Gasteiger partial charge >= 0.3 is 0 Å². The lowest BCUT2D eigenvalue weighted by atomic mass is 10.1. The number of nitrogen functional groups attached to an aromatic ring is 1. The van der Waals surface area contributed by atoms with Gasteiger partial charge in [-0.1, -0.05) is 12.1 Å². The molecular formula is C11H11N2O+. The second-order valence-corrected chi connectivity index (χ2v) is 3.09. The molecule has 0 saturated heterocycles. The van der Waals surface area contributed by atoms with E-state index in [1.54, 1.807) is 12.4 Å². The van der Waals surface area contributed by atoms with Crippen molar-refractivity contribution in [3.05, 3.63) is 48.8 Å². The van der Waals surface area contributed by atoms with E-state index in [-0.39, 0.29) is 0 Å². The van der Waals surface area contributed by atoms with Crippen LogP contribution in [-0.2, 0) is 0 Å². The van der Waals surface area contributed by atoms with Gasteiger partial charge in [-0.25, -0.2) is 0 Å². The van der Waals surface area contributed by atoms with Gasteiger partial charge in [0.1, 0.15) is 0 Å². The molecule has 0 saturated carbocycles. The van der Waals surface area contributed by atoms with Crippen molar-refractivity contribution in [1.29, 1.82) is 0 Å². The maximum absolute atomic E-state index is 9.04. The third kappa shape index (κ3) is 1.66. The van der Waals surface area contributed by atoms with Crippen LogP contribution in [0.5, 0.6) is 0 Å². The lowest BCUT2D eigenvalue weighted by Gasteiger charge is -1.99. The van der Waals surface area contributed by atoms with E-state index in [4.69, 9.17) is 10.9 Å². The molecule has 0 aliphatic carbocycles. The van der Waals surface area contributed by atoms with Gasteiger partial charge in [-0.3, -0.25) is 5.21 Å². The fraction of sp³-hybridized carbons (Fsp3) is 0. The summed E-state index contributed by atoms with van der Waals surface area (Å²) in [6, 6.07) is 11.3. The summed E-state index contributed by atoms with van der Waals surface area (Å²) in [5.74, 6) is 0. The number of hydrogen-bond donors (Lipinski definition) is 2. The Morgan fingerprint density at radius 2 is 1.36 bits per heavy atom. The van der Waals surface area contributed by atoms with E-state index in [0.29, 0.717) is 0 Å². The van der Waals surface area contributed by atoms with Crippen LogP contribution in [0.1, 0.15) is 0 Å². The Morgan fingerprint density at radius 3 is 1.93 bits per heavy atom. The number of anilines is 1. The highest BCUT2D eigenvalue weighted by atomic mass is 16.5. The van der Waals surface area contributed by atoms with Crippen LogP contribution >= 0.6 is 0 Å². The molecule has 0 aliphatic rings. The standard InChI is InChI=1S/C11H10N2O/c12-11-3-1-9(2-4-11)10-5-7-13(14)8-6-10/h1-8,12,14H/p+1. The first-order chi connectivity index (χ1) is 6.75. The quantitative estimate of drug-likeness (QED) is 0.403. The predicted molar refractivity (Wildman–Crippen MR) is 53.7 cm³/mol. The maximum Gasteiger partial charge on any atom is 0.222 e. The molecule has 0 atom stereocenters. The van der Waals surface area contributed by atoms with Crippen molar-refractivity contribution >= 4 is 5.69 Å². The first kappa shape index (κ1) is 8.56. The van der Waals surface area contributed by atoms with E-state index < -0.39 is 0 Å². The fourth-order valence-electron chi connectivity index (χ4n) is 1.29. The third-order valence-electron chi connectivity index (χ3n) is 2.06. The maximum atomic E-state index is 9.04. The number of nitrogens with two attached hydrogens (primary N) is 1. The van der Waals surface area contributed by atoms with Crippen LogP contribution < -0.4 is 10.5 Å². The minimum Gasteiger partial charge on any atom is -0.399 e. The van der Waals surface area contributed by atoms with Crippen LogP contribution in [0.15, 0.2) is 48.8 Å². The molecule has 14 heavy (non-hydrogen) atoms. The van der Waals surface area contributed by atoms with E-state index in [2.05, 4.69) is 0 Å². The van der Waals surface area contributed by atoms with Crippen molar-refractivity contribution in [2.45, 2.75) is 0 Å². The molecule has 3 N–H and O–H groups in total. The Labute approximate surface area is 82.0 Å². The molecule has 0 unspecified atom stereocenters. The summed E-state index contributed by atoms with van der Waals surface area (Å²) in [5.41, 5.74) is 8.47.